The summed E-state index contributed by atoms with van der Waals surface area (Å²) in [4.78, 5) is 35.7. The summed E-state index contributed by atoms with van der Waals surface area (Å²) in [5.41, 5.74) is 0. The number of phosphoric acid groups is 1. The summed E-state index contributed by atoms with van der Waals surface area (Å²) in [5, 5.41) is 0. The molecule has 0 aromatic carbocycles. The van der Waals surface area contributed by atoms with Crippen molar-refractivity contribution in [2.75, 3.05) is 47.5 Å². The molecule has 10 heteroatoms. The van der Waals surface area contributed by atoms with E-state index in [9.17, 15) is 19.0 Å². The standard InChI is InChI=1S/C66H106NO8P/c1-6-8-10-12-14-16-18-20-22-24-26-28-30-31-32-33-34-35-37-38-40-42-44-46-48-50-52-54-56-58-65(68)72-62-64(63-74-76(70,71)73-61-60-67(3,4)5)75-66(69)59-57-55-53-51-49-47-45-43-41-39-36-29-27-25-23-21-19-17-15-13-11-9-7-2/h8-11,14-17,20-23,26-29,31-32,34-35,39,41,45,47,51,53,64H,6-7,12-13,18-19,24-25,30,33,36-38,40,42-44,46,48-50,52,54-63H2,1-5H3/p+1/b10-8-,11-9-,16-14-,17-15-,22-20-,23-21-,28-26-,29-27-,32-31-,35-34-,41-39-,47-45-,53-51-. The molecule has 0 spiro atoms. The molecule has 0 aromatic rings. The zero-order valence-electron chi connectivity index (χ0n) is 48.4. The molecule has 0 amide bonds. The molecule has 0 saturated heterocycles. The lowest BCUT2D eigenvalue weighted by Gasteiger charge is -2.24. The van der Waals surface area contributed by atoms with Gasteiger partial charge < -0.3 is 18.9 Å². The van der Waals surface area contributed by atoms with Gasteiger partial charge >= 0.3 is 19.8 Å². The number of phosphoric ester groups is 1. The van der Waals surface area contributed by atoms with Gasteiger partial charge in [-0.2, -0.15) is 0 Å². The fourth-order valence-corrected chi connectivity index (χ4v) is 7.87. The number of esters is 2. The van der Waals surface area contributed by atoms with Gasteiger partial charge in [0, 0.05) is 12.8 Å². The monoisotopic (exact) mass is 1070 g/mol. The van der Waals surface area contributed by atoms with Crippen molar-refractivity contribution in [3.05, 3.63) is 158 Å². The van der Waals surface area contributed by atoms with Gasteiger partial charge in [0.05, 0.1) is 27.7 Å². The van der Waals surface area contributed by atoms with E-state index in [1.54, 1.807) is 0 Å². The van der Waals surface area contributed by atoms with E-state index in [4.69, 9.17) is 18.5 Å². The van der Waals surface area contributed by atoms with Crippen LogP contribution in [-0.4, -0.2) is 74.9 Å². The van der Waals surface area contributed by atoms with E-state index in [1.807, 2.05) is 27.2 Å². The maximum Gasteiger partial charge on any atom is 0.472 e. The average Bonchev–Trinajstić information content (AvgIpc) is 3.38. The lowest BCUT2D eigenvalue weighted by atomic mass is 10.1. The number of hydrogen-bond acceptors (Lipinski definition) is 7. The molecule has 0 aliphatic heterocycles. The molecule has 0 rings (SSSR count). The van der Waals surface area contributed by atoms with Crippen LogP contribution in [-0.2, 0) is 32.7 Å². The molecule has 428 valence electrons. The lowest BCUT2D eigenvalue weighted by molar-refractivity contribution is -0.870. The molecule has 1 N–H and O–H groups in total. The smallest absolute Gasteiger partial charge is 0.462 e. The Labute approximate surface area is 465 Å². The molecule has 0 aliphatic carbocycles. The Morgan fingerprint density at radius 3 is 1.09 bits per heavy atom. The zero-order valence-corrected chi connectivity index (χ0v) is 49.3. The Morgan fingerprint density at radius 1 is 0.408 bits per heavy atom. The van der Waals surface area contributed by atoms with Gasteiger partial charge in [0.2, 0.25) is 0 Å². The molecule has 0 saturated carbocycles. The van der Waals surface area contributed by atoms with E-state index >= 15 is 0 Å². The number of unbranched alkanes of at least 4 members (excludes halogenated alkanes) is 11. The molecule has 0 heterocycles. The van der Waals surface area contributed by atoms with Crippen molar-refractivity contribution in [3.8, 4) is 0 Å². The second kappa shape index (κ2) is 55.4. The van der Waals surface area contributed by atoms with Crippen molar-refractivity contribution in [1.29, 1.82) is 0 Å². The Hall–Kier alpha value is -4.37. The SMILES string of the molecule is CC/C=C\C/C=C\C/C=C\C/C=C\C/C=C\C/C=C\C/C=C\CCCC(=O)OC(COC(=O)CCCCCCCCCCCC/C=C\C/C=C\C/C=C\C/C=C\C/C=C\C/C=C\CC)COP(=O)(O)OCC[N+](C)(C)C. The normalized spacial score (nSPS) is 14.4. The Balaban J connectivity index is 4.30. The van der Waals surface area contributed by atoms with Gasteiger partial charge in [-0.05, 0) is 116 Å². The Kier molecular flexibility index (Phi) is 52.2. The van der Waals surface area contributed by atoms with Gasteiger partial charge in [0.15, 0.2) is 6.10 Å². The van der Waals surface area contributed by atoms with E-state index in [0.717, 1.165) is 109 Å². The minimum atomic E-state index is -4.42. The highest BCUT2D eigenvalue weighted by Crippen LogP contribution is 2.43. The van der Waals surface area contributed by atoms with Crippen molar-refractivity contribution in [2.45, 2.75) is 200 Å². The van der Waals surface area contributed by atoms with E-state index in [1.165, 1.54) is 38.5 Å². The maximum absolute atomic E-state index is 12.8. The first kappa shape index (κ1) is 71.6. The fraction of sp³-hybridized carbons (Fsp3) is 0.576. The van der Waals surface area contributed by atoms with Crippen LogP contribution in [0.5, 0.6) is 0 Å². The van der Waals surface area contributed by atoms with E-state index < -0.39 is 32.5 Å². The third kappa shape index (κ3) is 58.9. The third-order valence-corrected chi connectivity index (χ3v) is 12.5. The summed E-state index contributed by atoms with van der Waals surface area (Å²) < 4.78 is 34.5. The van der Waals surface area contributed by atoms with E-state index in [2.05, 4.69) is 166 Å². The molecule has 2 unspecified atom stereocenters. The summed E-state index contributed by atoms with van der Waals surface area (Å²) in [6.07, 6.45) is 83.2. The van der Waals surface area contributed by atoms with Gasteiger partial charge in [-0.3, -0.25) is 18.6 Å². The van der Waals surface area contributed by atoms with Crippen LogP contribution in [0.3, 0.4) is 0 Å². The number of allylic oxidation sites excluding steroid dienone is 26. The molecule has 0 bridgehead atoms. The second-order valence-electron chi connectivity index (χ2n) is 19.9. The number of rotatable bonds is 51. The number of hydrogen-bond donors (Lipinski definition) is 1. The fourth-order valence-electron chi connectivity index (χ4n) is 7.12. The van der Waals surface area contributed by atoms with Gasteiger partial charge in [-0.25, -0.2) is 4.57 Å². The zero-order chi connectivity index (χ0) is 55.6. The predicted octanol–water partition coefficient (Wildman–Crippen LogP) is 18.5. The van der Waals surface area contributed by atoms with Crippen LogP contribution in [0.1, 0.15) is 194 Å². The van der Waals surface area contributed by atoms with E-state index in [0.29, 0.717) is 30.3 Å². The number of nitrogens with zero attached hydrogens (tertiary/aromatic N) is 1. The quantitative estimate of drug-likeness (QED) is 0.0211. The number of ether oxygens (including phenoxy) is 2. The topological polar surface area (TPSA) is 108 Å². The van der Waals surface area contributed by atoms with E-state index in [-0.39, 0.29) is 26.1 Å². The summed E-state index contributed by atoms with van der Waals surface area (Å²) in [5.74, 6) is -0.886. The highest BCUT2D eigenvalue weighted by molar-refractivity contribution is 7.47. The van der Waals surface area contributed by atoms with Crippen molar-refractivity contribution in [2.24, 2.45) is 0 Å². The largest absolute Gasteiger partial charge is 0.472 e. The molecule has 0 fully saturated rings. The van der Waals surface area contributed by atoms with Crippen molar-refractivity contribution in [1.82, 2.24) is 0 Å². The third-order valence-electron chi connectivity index (χ3n) is 11.6. The minimum absolute atomic E-state index is 0.0106. The summed E-state index contributed by atoms with van der Waals surface area (Å²) in [6, 6.07) is 0. The molecule has 0 radical (unpaired) electrons. The number of carbonyl (C=O) groups excluding carboxylic acids is 2. The molecule has 76 heavy (non-hydrogen) atoms. The van der Waals surface area contributed by atoms with Crippen LogP contribution in [0.2, 0.25) is 0 Å². The Morgan fingerprint density at radius 2 is 0.724 bits per heavy atom. The Bertz CT molecular complexity index is 1840. The molecule has 0 aliphatic rings. The van der Waals surface area contributed by atoms with Crippen LogP contribution in [0.15, 0.2) is 158 Å². The van der Waals surface area contributed by atoms with Gasteiger partial charge in [0.1, 0.15) is 19.8 Å². The van der Waals surface area contributed by atoms with Crippen LogP contribution in [0.4, 0.5) is 0 Å². The molecular formula is C66H107NO8P+. The lowest BCUT2D eigenvalue weighted by Crippen LogP contribution is -2.37. The number of likely N-dealkylation sites (N-methyl/N-ethyl adjacent to an activating group) is 1. The van der Waals surface area contributed by atoms with Crippen LogP contribution in [0.25, 0.3) is 0 Å². The van der Waals surface area contributed by atoms with Crippen LogP contribution >= 0.6 is 7.82 Å². The maximum atomic E-state index is 12.8. The van der Waals surface area contributed by atoms with Crippen molar-refractivity contribution < 1.29 is 42.1 Å². The molecule has 2 atom stereocenters. The predicted molar refractivity (Wildman–Crippen MR) is 325 cm³/mol. The minimum Gasteiger partial charge on any atom is -0.462 e. The highest BCUT2D eigenvalue weighted by atomic mass is 31.2. The van der Waals surface area contributed by atoms with Gasteiger partial charge in [0.25, 0.3) is 0 Å². The summed E-state index contributed by atoms with van der Waals surface area (Å²) in [7, 11) is 1.41. The first-order chi connectivity index (χ1) is 37.0. The van der Waals surface area contributed by atoms with Crippen molar-refractivity contribution in [3.63, 3.8) is 0 Å². The highest BCUT2D eigenvalue weighted by Gasteiger charge is 2.27. The number of carbonyl (C=O) groups is 2. The second-order valence-corrected chi connectivity index (χ2v) is 21.4. The first-order valence-electron chi connectivity index (χ1n) is 29.2. The van der Waals surface area contributed by atoms with Crippen LogP contribution < -0.4 is 0 Å². The number of quaternary nitrogens is 1. The average molecular weight is 1070 g/mol. The molecular weight excluding hydrogens is 966 g/mol. The molecule has 9 nitrogen and oxygen atoms in total. The first-order valence-corrected chi connectivity index (χ1v) is 30.7. The van der Waals surface area contributed by atoms with Crippen LogP contribution in [0, 0.1) is 0 Å². The van der Waals surface area contributed by atoms with Gasteiger partial charge in [-0.15, -0.1) is 0 Å². The van der Waals surface area contributed by atoms with Crippen molar-refractivity contribution >= 4 is 19.8 Å². The molecule has 0 aromatic heterocycles. The summed E-state index contributed by atoms with van der Waals surface area (Å²) >= 11 is 0. The van der Waals surface area contributed by atoms with Gasteiger partial charge in [-0.1, -0.05) is 223 Å². The summed E-state index contributed by atoms with van der Waals surface area (Å²) in [6.45, 7) is 4.11.